The van der Waals surface area contributed by atoms with Gasteiger partial charge in [-0.1, -0.05) is 12.1 Å². The van der Waals surface area contributed by atoms with Gasteiger partial charge in [-0.25, -0.2) is 13.8 Å². The minimum atomic E-state index is -2.71. The van der Waals surface area contributed by atoms with Crippen LogP contribution in [0.4, 0.5) is 8.78 Å². The Kier molecular flexibility index (Phi) is 4.69. The van der Waals surface area contributed by atoms with Gasteiger partial charge in [-0.05, 0) is 55.7 Å². The summed E-state index contributed by atoms with van der Waals surface area (Å²) in [7, 11) is 1.74. The average Bonchev–Trinajstić information content (AvgIpc) is 3.35. The van der Waals surface area contributed by atoms with Gasteiger partial charge >= 0.3 is 0 Å². The van der Waals surface area contributed by atoms with Crippen LogP contribution in [0.3, 0.4) is 0 Å². The molecule has 1 aliphatic carbocycles. The number of hydrogen-bond donors (Lipinski definition) is 0. The van der Waals surface area contributed by atoms with Crippen molar-refractivity contribution in [2.75, 3.05) is 7.05 Å². The number of rotatable bonds is 4. The molecule has 0 bridgehead atoms. The van der Waals surface area contributed by atoms with Crippen LogP contribution in [-0.2, 0) is 0 Å². The maximum absolute atomic E-state index is 13.2. The van der Waals surface area contributed by atoms with Crippen LogP contribution in [0.5, 0.6) is 0 Å². The molecule has 0 unspecified atom stereocenters. The molecule has 1 aromatic carbocycles. The summed E-state index contributed by atoms with van der Waals surface area (Å²) in [6.45, 7) is 3.83. The predicted molar refractivity (Wildman–Crippen MR) is 115 cm³/mol. The lowest BCUT2D eigenvalue weighted by molar-refractivity contribution is 0.0789. The molecule has 0 radical (unpaired) electrons. The van der Waals surface area contributed by atoms with Gasteiger partial charge in [0.2, 0.25) is 0 Å². The van der Waals surface area contributed by atoms with Crippen molar-refractivity contribution in [3.8, 4) is 0 Å². The standard InChI is InChI=1S/C23H20F2N6O/c1-12-4-5-14-8-17(13(2)28-18(14)6-12)22(32)30(3)20-9-15(20)7-16-10-19(21(24)25)29-23-26-11-27-31(16)23/h4-8,10-11,20-21H,9H2,1-3H3/b15-7-/t20-/m0/s1. The van der Waals surface area contributed by atoms with Gasteiger partial charge in [-0.3, -0.25) is 9.78 Å². The van der Waals surface area contributed by atoms with Gasteiger partial charge in [-0.2, -0.15) is 14.6 Å². The first-order chi connectivity index (χ1) is 15.3. The highest BCUT2D eigenvalue weighted by Gasteiger charge is 2.37. The van der Waals surface area contributed by atoms with Crippen LogP contribution in [0.15, 0.2) is 42.2 Å². The van der Waals surface area contributed by atoms with Crippen LogP contribution in [0.2, 0.25) is 0 Å². The summed E-state index contributed by atoms with van der Waals surface area (Å²) < 4.78 is 27.8. The summed E-state index contributed by atoms with van der Waals surface area (Å²) in [6.07, 6.45) is 0.999. The van der Waals surface area contributed by atoms with E-state index in [0.717, 1.165) is 22.0 Å². The average molecular weight is 434 g/mol. The molecule has 162 valence electrons. The molecule has 1 aliphatic rings. The first kappa shape index (κ1) is 20.2. The van der Waals surface area contributed by atoms with E-state index in [4.69, 9.17) is 0 Å². The first-order valence-corrected chi connectivity index (χ1v) is 10.2. The van der Waals surface area contributed by atoms with E-state index in [1.807, 2.05) is 38.1 Å². The van der Waals surface area contributed by atoms with Crippen LogP contribution >= 0.6 is 0 Å². The number of carbonyl (C=O) groups is 1. The summed E-state index contributed by atoms with van der Waals surface area (Å²) in [4.78, 5) is 27.2. The lowest BCUT2D eigenvalue weighted by atomic mass is 10.1. The van der Waals surface area contributed by atoms with Gasteiger partial charge in [0.25, 0.3) is 18.1 Å². The third-order valence-corrected chi connectivity index (χ3v) is 5.73. The molecule has 3 heterocycles. The molecule has 7 nitrogen and oxygen atoms in total. The van der Waals surface area contributed by atoms with E-state index in [9.17, 15) is 13.6 Å². The Bertz CT molecular complexity index is 1410. The predicted octanol–water partition coefficient (Wildman–Crippen LogP) is 4.15. The molecule has 9 heteroatoms. The Labute approximate surface area is 182 Å². The van der Waals surface area contributed by atoms with E-state index >= 15 is 0 Å². The highest BCUT2D eigenvalue weighted by atomic mass is 19.3. The van der Waals surface area contributed by atoms with Gasteiger partial charge in [0, 0.05) is 12.4 Å². The fourth-order valence-electron chi connectivity index (χ4n) is 3.89. The monoisotopic (exact) mass is 434 g/mol. The summed E-state index contributed by atoms with van der Waals surface area (Å²) in [6, 6.07) is 9.01. The molecular formula is C23H20F2N6O. The van der Waals surface area contributed by atoms with E-state index in [1.165, 1.54) is 16.9 Å². The second kappa shape index (κ2) is 7.44. The molecule has 32 heavy (non-hydrogen) atoms. The zero-order valence-corrected chi connectivity index (χ0v) is 17.8. The van der Waals surface area contributed by atoms with Crippen molar-refractivity contribution in [2.45, 2.75) is 32.7 Å². The third kappa shape index (κ3) is 3.49. The van der Waals surface area contributed by atoms with Gasteiger partial charge in [0.05, 0.1) is 28.5 Å². The van der Waals surface area contributed by atoms with Crippen molar-refractivity contribution in [3.05, 3.63) is 70.4 Å². The number of fused-ring (bicyclic) bond motifs is 2. The molecule has 3 aromatic heterocycles. The van der Waals surface area contributed by atoms with E-state index in [2.05, 4.69) is 20.1 Å². The van der Waals surface area contributed by atoms with Crippen molar-refractivity contribution in [2.24, 2.45) is 0 Å². The first-order valence-electron chi connectivity index (χ1n) is 10.2. The fraction of sp³-hybridized carbons (Fsp3) is 0.261. The summed E-state index contributed by atoms with van der Waals surface area (Å²) in [5.74, 6) is -0.0100. The largest absolute Gasteiger partial charge is 0.335 e. The van der Waals surface area contributed by atoms with E-state index in [-0.39, 0.29) is 23.4 Å². The lowest BCUT2D eigenvalue weighted by Crippen LogP contribution is -2.29. The number of aryl methyl sites for hydroxylation is 2. The Hall–Kier alpha value is -3.75. The number of carbonyl (C=O) groups excluding carboxylic acids is 1. The number of alkyl halides is 2. The van der Waals surface area contributed by atoms with E-state index in [0.29, 0.717) is 23.4 Å². The molecule has 5 rings (SSSR count). The van der Waals surface area contributed by atoms with Gasteiger partial charge in [0.15, 0.2) is 0 Å². The number of aromatic nitrogens is 5. The number of amides is 1. The van der Waals surface area contributed by atoms with Crippen molar-refractivity contribution >= 4 is 28.7 Å². The normalized spacial score (nSPS) is 16.9. The van der Waals surface area contributed by atoms with Crippen molar-refractivity contribution in [1.29, 1.82) is 0 Å². The number of halogens is 2. The highest BCUT2D eigenvalue weighted by molar-refractivity contribution is 5.99. The topological polar surface area (TPSA) is 76.3 Å². The maximum atomic E-state index is 13.2. The summed E-state index contributed by atoms with van der Waals surface area (Å²) in [5, 5.41) is 4.98. The minimum Gasteiger partial charge on any atom is -0.335 e. The molecule has 1 amide bonds. The Morgan fingerprint density at radius 1 is 1.22 bits per heavy atom. The molecule has 0 spiro atoms. The summed E-state index contributed by atoms with van der Waals surface area (Å²) in [5.41, 5.74) is 4.25. The SMILES string of the molecule is Cc1ccc2cc(C(=O)N(C)[C@H]3C/C3=C/c3cc(C(F)F)nc4ncnn34)c(C)nc2c1. The van der Waals surface area contributed by atoms with Gasteiger partial charge < -0.3 is 4.90 Å². The molecule has 1 fully saturated rings. The Morgan fingerprint density at radius 3 is 2.81 bits per heavy atom. The quantitative estimate of drug-likeness (QED) is 0.482. The van der Waals surface area contributed by atoms with Gasteiger partial charge in [-0.15, -0.1) is 0 Å². The molecule has 1 atom stereocenters. The summed E-state index contributed by atoms with van der Waals surface area (Å²) >= 11 is 0. The zero-order valence-electron chi connectivity index (χ0n) is 17.8. The smallest absolute Gasteiger partial charge is 0.280 e. The second-order valence-corrected chi connectivity index (χ2v) is 8.05. The molecule has 0 aliphatic heterocycles. The second-order valence-electron chi connectivity index (χ2n) is 8.05. The number of likely N-dealkylation sites (N-methyl/N-ethyl adjacent to an activating group) is 1. The van der Waals surface area contributed by atoms with Crippen molar-refractivity contribution in [3.63, 3.8) is 0 Å². The van der Waals surface area contributed by atoms with Crippen LogP contribution in [0.1, 0.15) is 45.8 Å². The van der Waals surface area contributed by atoms with Gasteiger partial charge in [0.1, 0.15) is 12.0 Å². The fourth-order valence-corrected chi connectivity index (χ4v) is 3.89. The van der Waals surface area contributed by atoms with Crippen LogP contribution in [0, 0.1) is 13.8 Å². The number of hydrogen-bond acceptors (Lipinski definition) is 5. The van der Waals surface area contributed by atoms with E-state index in [1.54, 1.807) is 18.0 Å². The number of nitrogens with zero attached hydrogens (tertiary/aromatic N) is 6. The molecular weight excluding hydrogens is 414 g/mol. The molecule has 0 N–H and O–H groups in total. The molecule has 1 saturated carbocycles. The molecule has 4 aromatic rings. The van der Waals surface area contributed by atoms with Crippen LogP contribution in [-0.4, -0.2) is 48.5 Å². The Balaban J connectivity index is 1.43. The van der Waals surface area contributed by atoms with Crippen LogP contribution < -0.4 is 0 Å². The molecule has 0 saturated heterocycles. The lowest BCUT2D eigenvalue weighted by Gasteiger charge is -2.17. The number of pyridine rings is 1. The number of benzene rings is 1. The maximum Gasteiger partial charge on any atom is 0.280 e. The highest BCUT2D eigenvalue weighted by Crippen LogP contribution is 2.37. The van der Waals surface area contributed by atoms with Crippen molar-refractivity contribution < 1.29 is 13.6 Å². The third-order valence-electron chi connectivity index (χ3n) is 5.73. The zero-order chi connectivity index (χ0) is 22.6. The van der Waals surface area contributed by atoms with E-state index < -0.39 is 6.43 Å². The van der Waals surface area contributed by atoms with Crippen molar-refractivity contribution in [1.82, 2.24) is 29.5 Å². The van der Waals surface area contributed by atoms with Crippen LogP contribution in [0.25, 0.3) is 22.8 Å². The minimum absolute atomic E-state index is 0.114. The Morgan fingerprint density at radius 2 is 2.03 bits per heavy atom.